The largest absolute Gasteiger partial charge is 0.305 e. The molecule has 0 aliphatic heterocycles. The van der Waals surface area contributed by atoms with Crippen molar-refractivity contribution in [2.24, 2.45) is 7.05 Å². The van der Waals surface area contributed by atoms with Gasteiger partial charge in [-0.1, -0.05) is 17.7 Å². The summed E-state index contributed by atoms with van der Waals surface area (Å²) in [5.74, 6) is -0.250. The number of halogens is 1. The van der Waals surface area contributed by atoms with E-state index in [-0.39, 0.29) is 5.69 Å². The quantitative estimate of drug-likeness (QED) is 0.784. The Morgan fingerprint density at radius 1 is 1.26 bits per heavy atom. The van der Waals surface area contributed by atoms with E-state index >= 15 is 0 Å². The molecule has 1 amide bonds. The van der Waals surface area contributed by atoms with Crippen LogP contribution in [0, 0.1) is 6.92 Å². The highest BCUT2D eigenvalue weighted by molar-refractivity contribution is 6.31. The normalized spacial score (nSPS) is 10.7. The highest BCUT2D eigenvalue weighted by Crippen LogP contribution is 2.16. The molecule has 0 aliphatic carbocycles. The van der Waals surface area contributed by atoms with E-state index in [4.69, 9.17) is 11.6 Å². The Bertz CT molecular complexity index is 964. The molecule has 3 rings (SSSR count). The molecule has 1 aromatic carbocycles. The molecule has 116 valence electrons. The van der Waals surface area contributed by atoms with Gasteiger partial charge in [0.25, 0.3) is 5.91 Å². The summed E-state index contributed by atoms with van der Waals surface area (Å²) in [5, 5.41) is 7.41. The summed E-state index contributed by atoms with van der Waals surface area (Å²) >= 11 is 5.94. The Kier molecular flexibility index (Phi) is 3.83. The van der Waals surface area contributed by atoms with Gasteiger partial charge in [-0.25, -0.2) is 4.98 Å². The van der Waals surface area contributed by atoms with Gasteiger partial charge in [0.2, 0.25) is 5.43 Å². The molecular weight excluding hydrogens is 316 g/mol. The van der Waals surface area contributed by atoms with Crippen molar-refractivity contribution in [1.82, 2.24) is 14.8 Å². The second-order valence-corrected chi connectivity index (χ2v) is 5.57. The number of amides is 1. The van der Waals surface area contributed by atoms with Crippen molar-refractivity contribution >= 4 is 34.2 Å². The summed E-state index contributed by atoms with van der Waals surface area (Å²) < 4.78 is 1.48. The summed E-state index contributed by atoms with van der Waals surface area (Å²) in [7, 11) is 1.66. The van der Waals surface area contributed by atoms with E-state index in [9.17, 15) is 9.59 Å². The molecule has 2 heterocycles. The standard InChI is InChI=1S/C16H13ClN4O2/c1-9-3-6-13(18-8-9)19-16(23)14-15(22)11-7-10(17)4-5-12(11)21(2)20-14/h3-8H,1-2H3,(H,18,19,23). The molecule has 0 bridgehead atoms. The van der Waals surface area contributed by atoms with Crippen molar-refractivity contribution in [2.45, 2.75) is 6.92 Å². The Morgan fingerprint density at radius 2 is 2.04 bits per heavy atom. The maximum absolute atomic E-state index is 12.5. The van der Waals surface area contributed by atoms with Crippen LogP contribution in [0.25, 0.3) is 10.9 Å². The van der Waals surface area contributed by atoms with Crippen LogP contribution >= 0.6 is 11.6 Å². The zero-order valence-corrected chi connectivity index (χ0v) is 13.3. The van der Waals surface area contributed by atoms with Gasteiger partial charge >= 0.3 is 0 Å². The van der Waals surface area contributed by atoms with Crippen LogP contribution in [0.3, 0.4) is 0 Å². The molecule has 2 aromatic heterocycles. The number of benzene rings is 1. The van der Waals surface area contributed by atoms with Crippen molar-refractivity contribution in [1.29, 1.82) is 0 Å². The van der Waals surface area contributed by atoms with Crippen LogP contribution in [0.15, 0.2) is 41.3 Å². The van der Waals surface area contributed by atoms with Gasteiger partial charge < -0.3 is 5.32 Å². The fourth-order valence-electron chi connectivity index (χ4n) is 2.21. The lowest BCUT2D eigenvalue weighted by molar-refractivity contribution is 0.101. The third-order valence-corrected chi connectivity index (χ3v) is 3.62. The van der Waals surface area contributed by atoms with Gasteiger partial charge in [0, 0.05) is 18.3 Å². The second-order valence-electron chi connectivity index (χ2n) is 5.14. The summed E-state index contributed by atoms with van der Waals surface area (Å²) in [6.45, 7) is 1.89. The first-order valence-electron chi connectivity index (χ1n) is 6.86. The number of anilines is 1. The van der Waals surface area contributed by atoms with Crippen LogP contribution < -0.4 is 10.7 Å². The van der Waals surface area contributed by atoms with E-state index < -0.39 is 11.3 Å². The van der Waals surface area contributed by atoms with Crippen molar-refractivity contribution < 1.29 is 4.79 Å². The lowest BCUT2D eigenvalue weighted by Gasteiger charge is -2.08. The first kappa shape index (κ1) is 15.2. The minimum absolute atomic E-state index is 0.204. The molecule has 0 saturated carbocycles. The number of aromatic nitrogens is 3. The molecule has 0 radical (unpaired) electrons. The maximum Gasteiger partial charge on any atom is 0.281 e. The number of hydrogen-bond donors (Lipinski definition) is 1. The molecule has 0 atom stereocenters. The van der Waals surface area contributed by atoms with Crippen molar-refractivity contribution in [3.05, 3.63) is 63.0 Å². The van der Waals surface area contributed by atoms with Crippen LogP contribution in [0.1, 0.15) is 16.1 Å². The number of fused-ring (bicyclic) bond motifs is 1. The van der Waals surface area contributed by atoms with Gasteiger partial charge in [0.05, 0.1) is 10.9 Å². The van der Waals surface area contributed by atoms with Crippen molar-refractivity contribution in [3.63, 3.8) is 0 Å². The Labute approximate surface area is 136 Å². The molecule has 0 spiro atoms. The number of nitrogens with zero attached hydrogens (tertiary/aromatic N) is 3. The third kappa shape index (κ3) is 2.93. The monoisotopic (exact) mass is 328 g/mol. The molecule has 3 aromatic rings. The van der Waals surface area contributed by atoms with E-state index in [1.54, 1.807) is 31.4 Å². The van der Waals surface area contributed by atoms with E-state index in [0.29, 0.717) is 21.7 Å². The highest BCUT2D eigenvalue weighted by Gasteiger charge is 2.17. The SMILES string of the molecule is Cc1ccc(NC(=O)c2nn(C)c3ccc(Cl)cc3c2=O)nc1. The zero-order chi connectivity index (χ0) is 16.6. The van der Waals surface area contributed by atoms with E-state index in [1.165, 1.54) is 10.7 Å². The topological polar surface area (TPSA) is 76.9 Å². The van der Waals surface area contributed by atoms with Crippen LogP contribution in [-0.4, -0.2) is 20.7 Å². The van der Waals surface area contributed by atoms with Crippen molar-refractivity contribution in [2.75, 3.05) is 5.32 Å². The van der Waals surface area contributed by atoms with Crippen molar-refractivity contribution in [3.8, 4) is 0 Å². The molecule has 0 fully saturated rings. The predicted molar refractivity (Wildman–Crippen MR) is 88.9 cm³/mol. The summed E-state index contributed by atoms with van der Waals surface area (Å²) in [6.07, 6.45) is 1.63. The number of aryl methyl sites for hydroxylation is 2. The number of pyridine rings is 1. The molecule has 1 N–H and O–H groups in total. The van der Waals surface area contributed by atoms with E-state index in [1.807, 2.05) is 13.0 Å². The smallest absolute Gasteiger partial charge is 0.281 e. The minimum Gasteiger partial charge on any atom is -0.305 e. The predicted octanol–water partition coefficient (Wildman–Crippen LogP) is 2.54. The Balaban J connectivity index is 2.05. The molecule has 0 aliphatic rings. The maximum atomic E-state index is 12.5. The fourth-order valence-corrected chi connectivity index (χ4v) is 2.39. The first-order chi connectivity index (χ1) is 11.0. The van der Waals surface area contributed by atoms with Gasteiger partial charge in [-0.2, -0.15) is 5.10 Å². The molecule has 6 nitrogen and oxygen atoms in total. The van der Waals surface area contributed by atoms with Gasteiger partial charge in [0.1, 0.15) is 5.82 Å². The van der Waals surface area contributed by atoms with E-state index in [0.717, 1.165) is 5.56 Å². The number of carbonyl (C=O) groups excluding carboxylic acids is 1. The molecule has 7 heteroatoms. The molecular formula is C16H13ClN4O2. The Hall–Kier alpha value is -2.73. The fraction of sp³-hybridized carbons (Fsp3) is 0.125. The van der Waals surface area contributed by atoms with Gasteiger partial charge in [-0.05, 0) is 36.8 Å². The Morgan fingerprint density at radius 3 is 2.74 bits per heavy atom. The first-order valence-corrected chi connectivity index (χ1v) is 7.24. The van der Waals surface area contributed by atoms with Crippen LogP contribution in [0.4, 0.5) is 5.82 Å². The van der Waals surface area contributed by atoms with Gasteiger partial charge in [-0.3, -0.25) is 14.3 Å². The van der Waals surface area contributed by atoms with E-state index in [2.05, 4.69) is 15.4 Å². The lowest BCUT2D eigenvalue weighted by atomic mass is 10.2. The molecule has 23 heavy (non-hydrogen) atoms. The summed E-state index contributed by atoms with van der Waals surface area (Å²) in [4.78, 5) is 28.9. The summed E-state index contributed by atoms with van der Waals surface area (Å²) in [5.41, 5.74) is 0.900. The van der Waals surface area contributed by atoms with Crippen LogP contribution in [-0.2, 0) is 7.05 Å². The van der Waals surface area contributed by atoms with Gasteiger partial charge in [0.15, 0.2) is 5.69 Å². The number of carbonyl (C=O) groups is 1. The second kappa shape index (κ2) is 5.81. The average Bonchev–Trinajstić information content (AvgIpc) is 2.53. The highest BCUT2D eigenvalue weighted by atomic mass is 35.5. The lowest BCUT2D eigenvalue weighted by Crippen LogP contribution is -2.26. The van der Waals surface area contributed by atoms with Gasteiger partial charge in [-0.15, -0.1) is 0 Å². The number of hydrogen-bond acceptors (Lipinski definition) is 4. The molecule has 0 unspecified atom stereocenters. The third-order valence-electron chi connectivity index (χ3n) is 3.38. The number of nitrogens with one attached hydrogen (secondary N) is 1. The zero-order valence-electron chi connectivity index (χ0n) is 12.5. The number of rotatable bonds is 2. The average molecular weight is 329 g/mol. The van der Waals surface area contributed by atoms with Crippen LogP contribution in [0.2, 0.25) is 5.02 Å². The molecule has 0 saturated heterocycles. The van der Waals surface area contributed by atoms with Crippen LogP contribution in [0.5, 0.6) is 0 Å². The minimum atomic E-state index is -0.608. The summed E-state index contributed by atoms with van der Waals surface area (Å²) in [6, 6.07) is 8.36.